The molecule has 2 N–H and O–H groups in total. The first kappa shape index (κ1) is 26.8. The summed E-state index contributed by atoms with van der Waals surface area (Å²) in [6.45, 7) is 10.2. The molecular weight excluding hydrogens is 495 g/mol. The number of halogens is 3. The molecule has 11 heteroatoms. The highest BCUT2D eigenvalue weighted by molar-refractivity contribution is 5.99. The number of benzene rings is 2. The van der Waals surface area contributed by atoms with Gasteiger partial charge in [0.15, 0.2) is 5.76 Å². The molecule has 0 unspecified atom stereocenters. The lowest BCUT2D eigenvalue weighted by Gasteiger charge is -2.16. The van der Waals surface area contributed by atoms with Gasteiger partial charge in [0.25, 0.3) is 6.43 Å². The molecule has 3 aromatic rings. The summed E-state index contributed by atoms with van der Waals surface area (Å²) in [7, 11) is 1.35. The van der Waals surface area contributed by atoms with Crippen LogP contribution in [-0.2, 0) is 24.2 Å². The number of hydrazone groups is 2. The lowest BCUT2D eigenvalue weighted by atomic mass is 10.1. The third-order valence-corrected chi connectivity index (χ3v) is 5.97. The van der Waals surface area contributed by atoms with Crippen molar-refractivity contribution < 1.29 is 17.9 Å². The Kier molecular flexibility index (Phi) is 8.37. The van der Waals surface area contributed by atoms with Crippen LogP contribution in [0.15, 0.2) is 70.0 Å². The van der Waals surface area contributed by atoms with Crippen LogP contribution in [0, 0.1) is 5.82 Å². The van der Waals surface area contributed by atoms with Gasteiger partial charge in [0.1, 0.15) is 11.6 Å². The topological polar surface area (TPSA) is 90.3 Å². The van der Waals surface area contributed by atoms with Crippen LogP contribution in [0.1, 0.15) is 35.0 Å². The number of aromatic amines is 1. The van der Waals surface area contributed by atoms with E-state index in [2.05, 4.69) is 38.8 Å². The van der Waals surface area contributed by atoms with Crippen LogP contribution >= 0.6 is 0 Å². The van der Waals surface area contributed by atoms with Gasteiger partial charge in [-0.05, 0) is 30.7 Å². The second kappa shape index (κ2) is 11.9. The molecule has 0 atom stereocenters. The number of alkyl halides is 2. The van der Waals surface area contributed by atoms with E-state index >= 15 is 0 Å². The van der Waals surface area contributed by atoms with Gasteiger partial charge in [-0.2, -0.15) is 15.3 Å². The summed E-state index contributed by atoms with van der Waals surface area (Å²) in [5.41, 5.74) is 5.06. The lowest BCUT2D eigenvalue weighted by Crippen LogP contribution is -2.23. The van der Waals surface area contributed by atoms with Gasteiger partial charge in [-0.3, -0.25) is 4.99 Å². The van der Waals surface area contributed by atoms with Crippen LogP contribution in [0.2, 0.25) is 0 Å². The van der Waals surface area contributed by atoms with Crippen molar-refractivity contribution >= 4 is 18.3 Å². The fourth-order valence-electron chi connectivity index (χ4n) is 3.96. The van der Waals surface area contributed by atoms with Crippen molar-refractivity contribution in [2.24, 2.45) is 15.2 Å². The molecule has 0 radical (unpaired) electrons. The molecule has 2 aromatic carbocycles. The first-order valence-corrected chi connectivity index (χ1v) is 11.9. The molecule has 0 fully saturated rings. The number of imidazole rings is 1. The van der Waals surface area contributed by atoms with Gasteiger partial charge in [-0.1, -0.05) is 30.8 Å². The van der Waals surface area contributed by atoms with Crippen LogP contribution in [0.4, 0.5) is 13.2 Å². The molecule has 1 aromatic heterocycles. The van der Waals surface area contributed by atoms with E-state index in [0.29, 0.717) is 5.71 Å². The fraction of sp³-hybridized carbons (Fsp3) is 0.259. The highest BCUT2D eigenvalue weighted by Crippen LogP contribution is 2.22. The number of fused-ring (bicyclic) bond motifs is 1. The highest BCUT2D eigenvalue weighted by Gasteiger charge is 2.17. The van der Waals surface area contributed by atoms with Crippen molar-refractivity contribution in [1.82, 2.24) is 20.4 Å². The van der Waals surface area contributed by atoms with E-state index in [1.54, 1.807) is 0 Å². The average molecular weight is 524 g/mol. The van der Waals surface area contributed by atoms with Crippen LogP contribution in [-0.4, -0.2) is 53.4 Å². The normalized spacial score (nSPS) is 13.8. The summed E-state index contributed by atoms with van der Waals surface area (Å²) in [4.78, 5) is 11.9. The summed E-state index contributed by atoms with van der Waals surface area (Å²) >= 11 is 0. The number of ether oxygens (including phenoxy) is 1. The van der Waals surface area contributed by atoms with E-state index in [-0.39, 0.29) is 23.6 Å². The molecule has 8 nitrogen and oxygen atoms in total. The number of H-pyrrole nitrogens is 1. The Morgan fingerprint density at radius 1 is 1.21 bits per heavy atom. The van der Waals surface area contributed by atoms with Gasteiger partial charge in [-0.25, -0.2) is 18.2 Å². The van der Waals surface area contributed by atoms with Crippen LogP contribution < -0.4 is 5.32 Å². The first-order valence-electron chi connectivity index (χ1n) is 11.9. The van der Waals surface area contributed by atoms with E-state index in [1.165, 1.54) is 24.3 Å². The van der Waals surface area contributed by atoms with Crippen molar-refractivity contribution in [2.45, 2.75) is 32.9 Å². The molecule has 0 saturated carbocycles. The molecule has 2 heterocycles. The number of rotatable bonds is 9. The molecular formula is C27H28F3N7O. The number of allylic oxidation sites excluding steroid dienone is 1. The van der Waals surface area contributed by atoms with Crippen molar-refractivity contribution in [3.05, 3.63) is 88.7 Å². The number of aromatic nitrogens is 2. The molecule has 0 aliphatic carbocycles. The highest BCUT2D eigenvalue weighted by atomic mass is 19.3. The van der Waals surface area contributed by atoms with Crippen LogP contribution in [0.25, 0.3) is 11.4 Å². The Morgan fingerprint density at radius 3 is 2.71 bits per heavy atom. The zero-order chi connectivity index (χ0) is 27.2. The third kappa shape index (κ3) is 6.17. The Labute approximate surface area is 218 Å². The van der Waals surface area contributed by atoms with Crippen LogP contribution in [0.5, 0.6) is 0 Å². The standard InChI is InChI=1S/C27H28F3N7O/c1-16(18-6-5-7-19(12-18)26-34-23-10-11-33-14-24(23)35-26)36-37(32-4)15-21-9-8-20(13-22(21)28)27(31-3)38-17(2)25(29)30/h5-9,12-13,25,33H,2,4,10-11,14-15H2,1,3H3,(H,34,35)/b31-27?,36-16+. The van der Waals surface area contributed by atoms with E-state index in [9.17, 15) is 13.2 Å². The SMILES string of the molecule is C=NN(Cc1ccc(C(=NC)OC(=C)C(F)F)cc1F)/N=C(\C)c1cccc(-c2nc3c([nH]2)CNCC3)c1. The molecule has 38 heavy (non-hydrogen) atoms. The van der Waals surface area contributed by atoms with Gasteiger partial charge < -0.3 is 15.0 Å². The number of hydrogen-bond acceptors (Lipinski definition) is 7. The molecule has 0 amide bonds. The molecule has 198 valence electrons. The Balaban J connectivity index is 1.50. The Bertz CT molecular complexity index is 1370. The maximum absolute atomic E-state index is 14.9. The number of nitrogens with zero attached hydrogens (tertiary/aromatic N) is 5. The minimum absolute atomic E-state index is 0.00620. The third-order valence-electron chi connectivity index (χ3n) is 5.97. The van der Waals surface area contributed by atoms with E-state index < -0.39 is 18.0 Å². The number of aliphatic imine (C=N–C) groups is 1. The maximum Gasteiger partial charge on any atom is 0.294 e. The summed E-state index contributed by atoms with van der Waals surface area (Å²) < 4.78 is 45.4. The minimum Gasteiger partial charge on any atom is -0.438 e. The summed E-state index contributed by atoms with van der Waals surface area (Å²) in [5, 5.41) is 13.0. The molecule has 0 bridgehead atoms. The van der Waals surface area contributed by atoms with Crippen LogP contribution in [0.3, 0.4) is 0 Å². The largest absolute Gasteiger partial charge is 0.438 e. The van der Waals surface area contributed by atoms with E-state index in [1.807, 2.05) is 31.2 Å². The van der Waals surface area contributed by atoms with Gasteiger partial charge in [0.2, 0.25) is 5.90 Å². The average Bonchev–Trinajstić information content (AvgIpc) is 3.36. The lowest BCUT2D eigenvalue weighted by molar-refractivity contribution is 0.134. The van der Waals surface area contributed by atoms with Crippen molar-refractivity contribution in [2.75, 3.05) is 13.6 Å². The van der Waals surface area contributed by atoms with E-state index in [0.717, 1.165) is 53.9 Å². The maximum atomic E-state index is 14.9. The fourth-order valence-corrected chi connectivity index (χ4v) is 3.96. The summed E-state index contributed by atoms with van der Waals surface area (Å²) in [5.74, 6) is -0.739. The predicted octanol–water partition coefficient (Wildman–Crippen LogP) is 4.88. The number of nitrogens with one attached hydrogen (secondary N) is 2. The summed E-state index contributed by atoms with van der Waals surface area (Å²) in [6.07, 6.45) is -2.00. The monoisotopic (exact) mass is 523 g/mol. The zero-order valence-electron chi connectivity index (χ0n) is 21.1. The zero-order valence-corrected chi connectivity index (χ0v) is 21.1. The van der Waals surface area contributed by atoms with Crippen molar-refractivity contribution in [3.8, 4) is 11.4 Å². The molecule has 4 rings (SSSR count). The predicted molar refractivity (Wildman–Crippen MR) is 142 cm³/mol. The second-order valence-corrected chi connectivity index (χ2v) is 8.58. The Hall–Kier alpha value is -4.25. The van der Waals surface area contributed by atoms with Gasteiger partial charge in [0, 0.05) is 50.0 Å². The van der Waals surface area contributed by atoms with Crippen molar-refractivity contribution in [1.29, 1.82) is 0 Å². The quantitative estimate of drug-likeness (QED) is 0.181. The minimum atomic E-state index is -2.88. The molecule has 0 spiro atoms. The van der Waals surface area contributed by atoms with Gasteiger partial charge in [0.05, 0.1) is 23.6 Å². The summed E-state index contributed by atoms with van der Waals surface area (Å²) in [6, 6.07) is 11.9. The second-order valence-electron chi connectivity index (χ2n) is 8.58. The number of hydrogen-bond donors (Lipinski definition) is 2. The van der Waals surface area contributed by atoms with E-state index in [4.69, 9.17) is 9.72 Å². The molecule has 1 aliphatic heterocycles. The van der Waals surface area contributed by atoms with Gasteiger partial charge >= 0.3 is 0 Å². The first-order chi connectivity index (χ1) is 18.3. The van der Waals surface area contributed by atoms with Crippen molar-refractivity contribution in [3.63, 3.8) is 0 Å². The Morgan fingerprint density at radius 2 is 2.03 bits per heavy atom. The van der Waals surface area contributed by atoms with Gasteiger partial charge in [-0.15, -0.1) is 0 Å². The smallest absolute Gasteiger partial charge is 0.294 e. The molecule has 1 aliphatic rings. The molecule has 0 saturated heterocycles.